The highest BCUT2D eigenvalue weighted by atomic mass is 16.6. The zero-order valence-corrected chi connectivity index (χ0v) is 17.4. The fourth-order valence-electron chi connectivity index (χ4n) is 4.16. The number of non-ortho nitro benzene ring substituents is 1. The van der Waals surface area contributed by atoms with Crippen LogP contribution in [0.15, 0.2) is 53.3 Å². The number of piperazine rings is 1. The third kappa shape index (κ3) is 3.99. The Morgan fingerprint density at radius 1 is 0.933 bits per heavy atom. The number of para-hydroxylation sites is 1. The molecule has 0 spiro atoms. The topological polar surface area (TPSA) is 71.6 Å². The van der Waals surface area contributed by atoms with E-state index in [1.807, 2.05) is 50.4 Å². The van der Waals surface area contributed by atoms with Crippen LogP contribution in [0.5, 0.6) is 0 Å². The van der Waals surface area contributed by atoms with Crippen LogP contribution in [0.3, 0.4) is 0 Å². The normalized spacial score (nSPS) is 15.5. The molecule has 0 amide bonds. The quantitative estimate of drug-likeness (QED) is 0.481. The minimum atomic E-state index is -0.373. The Morgan fingerprint density at radius 2 is 1.53 bits per heavy atom. The minimum Gasteiger partial charge on any atom is -0.347 e. The van der Waals surface area contributed by atoms with Crippen LogP contribution in [0.25, 0.3) is 10.9 Å². The monoisotopic (exact) mass is 406 g/mol. The summed E-state index contributed by atoms with van der Waals surface area (Å²) in [7, 11) is 2.02. The second-order valence-electron chi connectivity index (χ2n) is 7.95. The van der Waals surface area contributed by atoms with Crippen LogP contribution in [0.4, 0.5) is 5.69 Å². The van der Waals surface area contributed by atoms with Gasteiger partial charge in [-0.15, -0.1) is 0 Å². The van der Waals surface area contributed by atoms with Crippen molar-refractivity contribution < 1.29 is 4.92 Å². The summed E-state index contributed by atoms with van der Waals surface area (Å²) in [5.41, 5.74) is 4.20. The van der Waals surface area contributed by atoms with Gasteiger partial charge >= 0.3 is 0 Å². The fourth-order valence-corrected chi connectivity index (χ4v) is 4.16. The fraction of sp³-hybridized carbons (Fsp3) is 0.348. The van der Waals surface area contributed by atoms with Gasteiger partial charge in [-0.25, -0.2) is 0 Å². The van der Waals surface area contributed by atoms with E-state index in [9.17, 15) is 14.9 Å². The average Bonchev–Trinajstić information content (AvgIpc) is 2.77. The Hall–Kier alpha value is -3.03. The lowest BCUT2D eigenvalue weighted by molar-refractivity contribution is -0.384. The smallest absolute Gasteiger partial charge is 0.269 e. The first-order valence-corrected chi connectivity index (χ1v) is 10.2. The molecule has 4 rings (SSSR count). The van der Waals surface area contributed by atoms with Gasteiger partial charge < -0.3 is 4.57 Å². The number of pyridine rings is 1. The molecule has 2 aromatic carbocycles. The van der Waals surface area contributed by atoms with Gasteiger partial charge in [-0.3, -0.25) is 24.7 Å². The van der Waals surface area contributed by atoms with Crippen molar-refractivity contribution in [1.82, 2.24) is 14.4 Å². The van der Waals surface area contributed by atoms with E-state index in [2.05, 4.69) is 14.4 Å². The number of hydrogen-bond donors (Lipinski definition) is 0. The van der Waals surface area contributed by atoms with Crippen molar-refractivity contribution in [1.29, 1.82) is 0 Å². The predicted molar refractivity (Wildman–Crippen MR) is 118 cm³/mol. The van der Waals surface area contributed by atoms with E-state index in [4.69, 9.17) is 0 Å². The standard InChI is InChI=1S/C23H26N4O3/c1-17-21(23(28)20-5-3-4-6-22(20)24(17)2)16-26-13-11-25(12-14-26)15-18-7-9-19(10-8-18)27(29)30/h3-10H,11-16H2,1-2H3. The summed E-state index contributed by atoms with van der Waals surface area (Å²) >= 11 is 0. The van der Waals surface area contributed by atoms with E-state index >= 15 is 0 Å². The van der Waals surface area contributed by atoms with E-state index in [-0.39, 0.29) is 16.0 Å². The molecule has 2 heterocycles. The number of hydrogen-bond acceptors (Lipinski definition) is 5. The first kappa shape index (κ1) is 20.3. The van der Waals surface area contributed by atoms with Gasteiger partial charge in [-0.05, 0) is 24.6 Å². The van der Waals surface area contributed by atoms with Gasteiger partial charge in [-0.2, -0.15) is 0 Å². The lowest BCUT2D eigenvalue weighted by atomic mass is 10.1. The molecule has 1 saturated heterocycles. The van der Waals surface area contributed by atoms with Crippen molar-refractivity contribution in [3.63, 3.8) is 0 Å². The number of nitro benzene ring substituents is 1. The summed E-state index contributed by atoms with van der Waals surface area (Å²) in [6.45, 7) is 7.06. The lowest BCUT2D eigenvalue weighted by Crippen LogP contribution is -2.46. The van der Waals surface area contributed by atoms with Crippen LogP contribution in [0, 0.1) is 17.0 Å². The molecule has 0 atom stereocenters. The highest BCUT2D eigenvalue weighted by Crippen LogP contribution is 2.18. The van der Waals surface area contributed by atoms with Crippen molar-refractivity contribution in [3.05, 3.63) is 85.7 Å². The summed E-state index contributed by atoms with van der Waals surface area (Å²) in [6, 6.07) is 14.5. The summed E-state index contributed by atoms with van der Waals surface area (Å²) in [6.07, 6.45) is 0. The molecule has 0 saturated carbocycles. The van der Waals surface area contributed by atoms with Crippen LogP contribution in [0.1, 0.15) is 16.8 Å². The highest BCUT2D eigenvalue weighted by molar-refractivity contribution is 5.80. The molecule has 1 fully saturated rings. The SMILES string of the molecule is Cc1c(CN2CCN(Cc3ccc([N+](=O)[O-])cc3)CC2)c(=O)c2ccccc2n1C. The molecule has 0 aliphatic carbocycles. The number of nitro groups is 1. The maximum atomic E-state index is 13.1. The van der Waals surface area contributed by atoms with Gasteiger partial charge in [0.1, 0.15) is 0 Å². The summed E-state index contributed by atoms with van der Waals surface area (Å²) in [4.78, 5) is 28.2. The van der Waals surface area contributed by atoms with Crippen LogP contribution in [-0.2, 0) is 20.1 Å². The van der Waals surface area contributed by atoms with Crippen molar-refractivity contribution in [3.8, 4) is 0 Å². The number of fused-ring (bicyclic) bond motifs is 1. The molecule has 1 aliphatic heterocycles. The van der Waals surface area contributed by atoms with Gasteiger partial charge in [0.2, 0.25) is 0 Å². The van der Waals surface area contributed by atoms with E-state index in [1.54, 1.807) is 12.1 Å². The number of rotatable bonds is 5. The Labute approximate surface area is 175 Å². The molecule has 7 nitrogen and oxygen atoms in total. The van der Waals surface area contributed by atoms with Crippen molar-refractivity contribution >= 4 is 16.6 Å². The molecule has 1 aromatic heterocycles. The van der Waals surface area contributed by atoms with Crippen LogP contribution in [0.2, 0.25) is 0 Å². The lowest BCUT2D eigenvalue weighted by Gasteiger charge is -2.35. The second-order valence-corrected chi connectivity index (χ2v) is 7.95. The molecule has 0 N–H and O–H groups in total. The van der Waals surface area contributed by atoms with E-state index in [1.165, 1.54) is 0 Å². The molecule has 0 bridgehead atoms. The predicted octanol–water partition coefficient (Wildman–Crippen LogP) is 3.07. The zero-order chi connectivity index (χ0) is 21.3. The Balaban J connectivity index is 1.42. The van der Waals surface area contributed by atoms with Gasteiger partial charge in [-0.1, -0.05) is 24.3 Å². The number of benzene rings is 2. The summed E-state index contributed by atoms with van der Waals surface area (Å²) < 4.78 is 2.11. The average molecular weight is 406 g/mol. The summed E-state index contributed by atoms with van der Waals surface area (Å²) in [5.74, 6) is 0. The van der Waals surface area contributed by atoms with E-state index in [0.29, 0.717) is 6.54 Å². The van der Waals surface area contributed by atoms with E-state index < -0.39 is 0 Å². The van der Waals surface area contributed by atoms with Gasteiger partial charge in [0.15, 0.2) is 5.43 Å². The Morgan fingerprint density at radius 3 is 2.17 bits per heavy atom. The molecular formula is C23H26N4O3. The molecule has 156 valence electrons. The van der Waals surface area contributed by atoms with Gasteiger partial charge in [0, 0.05) is 75.1 Å². The van der Waals surface area contributed by atoms with Crippen LogP contribution < -0.4 is 5.43 Å². The molecule has 7 heteroatoms. The van der Waals surface area contributed by atoms with Crippen molar-refractivity contribution in [2.45, 2.75) is 20.0 Å². The largest absolute Gasteiger partial charge is 0.347 e. The van der Waals surface area contributed by atoms with Gasteiger partial charge in [0.05, 0.1) is 10.4 Å². The number of nitrogens with zero attached hydrogens (tertiary/aromatic N) is 4. The first-order valence-electron chi connectivity index (χ1n) is 10.2. The third-order valence-electron chi connectivity index (χ3n) is 6.12. The molecule has 30 heavy (non-hydrogen) atoms. The zero-order valence-electron chi connectivity index (χ0n) is 17.4. The number of aromatic nitrogens is 1. The first-order chi connectivity index (χ1) is 14.4. The maximum Gasteiger partial charge on any atom is 0.269 e. The minimum absolute atomic E-state index is 0.121. The number of aryl methyl sites for hydroxylation is 1. The van der Waals surface area contributed by atoms with Crippen molar-refractivity contribution in [2.24, 2.45) is 7.05 Å². The Kier molecular flexibility index (Phi) is 5.65. The Bertz CT molecular complexity index is 1130. The molecule has 0 unspecified atom stereocenters. The second kappa shape index (κ2) is 8.38. The van der Waals surface area contributed by atoms with Gasteiger partial charge in [0.25, 0.3) is 5.69 Å². The van der Waals surface area contributed by atoms with Crippen LogP contribution in [-0.4, -0.2) is 45.5 Å². The highest BCUT2D eigenvalue weighted by Gasteiger charge is 2.20. The third-order valence-corrected chi connectivity index (χ3v) is 6.12. The molecule has 3 aromatic rings. The molecule has 1 aliphatic rings. The molecular weight excluding hydrogens is 380 g/mol. The van der Waals surface area contributed by atoms with E-state index in [0.717, 1.165) is 60.4 Å². The van der Waals surface area contributed by atoms with Crippen LogP contribution >= 0.6 is 0 Å². The molecule has 0 radical (unpaired) electrons. The maximum absolute atomic E-state index is 13.1. The summed E-state index contributed by atoms with van der Waals surface area (Å²) in [5, 5.41) is 11.6. The van der Waals surface area contributed by atoms with Crippen molar-refractivity contribution in [2.75, 3.05) is 26.2 Å².